The molecule has 2 rings (SSSR count). The minimum atomic E-state index is -0.514. The van der Waals surface area contributed by atoms with Crippen molar-refractivity contribution < 1.29 is 14.3 Å². The van der Waals surface area contributed by atoms with Gasteiger partial charge in [-0.05, 0) is 25.0 Å². The van der Waals surface area contributed by atoms with E-state index in [4.69, 9.17) is 4.74 Å². The van der Waals surface area contributed by atoms with E-state index in [9.17, 15) is 9.59 Å². The van der Waals surface area contributed by atoms with Crippen molar-refractivity contribution in [1.82, 2.24) is 15.2 Å². The number of amides is 1. The van der Waals surface area contributed by atoms with Gasteiger partial charge >= 0.3 is 5.97 Å². The van der Waals surface area contributed by atoms with Crippen molar-refractivity contribution in [2.45, 2.75) is 25.8 Å². The number of hydrogen-bond donors (Lipinski definition) is 1. The molecule has 1 aromatic heterocycles. The van der Waals surface area contributed by atoms with Crippen molar-refractivity contribution in [3.63, 3.8) is 0 Å². The van der Waals surface area contributed by atoms with E-state index in [2.05, 4.69) is 10.3 Å². The summed E-state index contributed by atoms with van der Waals surface area (Å²) in [7, 11) is 0. The summed E-state index contributed by atoms with van der Waals surface area (Å²) in [4.78, 5) is 29.9. The molecule has 114 valence electrons. The number of pyridine rings is 1. The van der Waals surface area contributed by atoms with Crippen molar-refractivity contribution in [1.29, 1.82) is 0 Å². The predicted octanol–water partition coefficient (Wildman–Crippen LogP) is 0.378. The molecule has 0 aromatic carbocycles. The third-order valence-corrected chi connectivity index (χ3v) is 3.47. The highest BCUT2D eigenvalue weighted by atomic mass is 16.5. The van der Waals surface area contributed by atoms with Gasteiger partial charge in [0.1, 0.15) is 6.04 Å². The van der Waals surface area contributed by atoms with Crippen LogP contribution in [-0.2, 0) is 20.7 Å². The lowest BCUT2D eigenvalue weighted by atomic mass is 10.1. The fourth-order valence-electron chi connectivity index (χ4n) is 2.39. The summed E-state index contributed by atoms with van der Waals surface area (Å²) in [6, 6.07) is 3.28. The molecule has 0 aliphatic carbocycles. The van der Waals surface area contributed by atoms with E-state index >= 15 is 0 Å². The molecule has 0 radical (unpaired) electrons. The molecular formula is C15H21N3O3. The molecule has 1 amide bonds. The van der Waals surface area contributed by atoms with Gasteiger partial charge in [-0.1, -0.05) is 6.07 Å². The third-order valence-electron chi connectivity index (χ3n) is 3.47. The second-order valence-electron chi connectivity index (χ2n) is 4.92. The second-order valence-corrected chi connectivity index (χ2v) is 4.92. The number of nitrogens with zero attached hydrogens (tertiary/aromatic N) is 2. The summed E-state index contributed by atoms with van der Waals surface area (Å²) in [5.74, 6) is -0.349. The summed E-state index contributed by atoms with van der Waals surface area (Å²) in [5, 5.41) is 3.13. The molecule has 1 aliphatic heterocycles. The molecule has 1 saturated heterocycles. The Morgan fingerprint density at radius 1 is 1.52 bits per heavy atom. The van der Waals surface area contributed by atoms with E-state index in [1.54, 1.807) is 24.2 Å². The number of piperazine rings is 1. The van der Waals surface area contributed by atoms with Gasteiger partial charge in [0.05, 0.1) is 6.61 Å². The lowest BCUT2D eigenvalue weighted by Gasteiger charge is -2.34. The largest absolute Gasteiger partial charge is 0.464 e. The third kappa shape index (κ3) is 4.26. The molecule has 21 heavy (non-hydrogen) atoms. The van der Waals surface area contributed by atoms with E-state index in [1.165, 1.54) is 0 Å². The van der Waals surface area contributed by atoms with Crippen LogP contribution in [0.25, 0.3) is 0 Å². The molecule has 6 heteroatoms. The number of ether oxygens (including phenoxy) is 1. The van der Waals surface area contributed by atoms with Gasteiger partial charge in [0, 0.05) is 38.4 Å². The molecule has 1 unspecified atom stereocenters. The molecule has 1 aromatic rings. The highest BCUT2D eigenvalue weighted by Gasteiger charge is 2.32. The normalized spacial score (nSPS) is 18.3. The van der Waals surface area contributed by atoms with Crippen molar-refractivity contribution in [3.05, 3.63) is 30.1 Å². The van der Waals surface area contributed by atoms with Crippen LogP contribution in [0.15, 0.2) is 24.5 Å². The Balaban J connectivity index is 1.93. The molecule has 2 heterocycles. The molecule has 0 spiro atoms. The maximum absolute atomic E-state index is 12.4. The Labute approximate surface area is 124 Å². The monoisotopic (exact) mass is 291 g/mol. The average Bonchev–Trinajstić information content (AvgIpc) is 2.54. The van der Waals surface area contributed by atoms with Crippen LogP contribution >= 0.6 is 0 Å². The number of aromatic nitrogens is 1. The van der Waals surface area contributed by atoms with Crippen molar-refractivity contribution in [2.75, 3.05) is 26.2 Å². The quantitative estimate of drug-likeness (QED) is 0.794. The Morgan fingerprint density at radius 2 is 2.38 bits per heavy atom. The van der Waals surface area contributed by atoms with E-state index < -0.39 is 6.04 Å². The average molecular weight is 291 g/mol. The number of nitrogens with one attached hydrogen (secondary N) is 1. The number of carbonyl (C=O) groups is 2. The Kier molecular flexibility index (Phi) is 5.68. The second kappa shape index (κ2) is 7.73. The number of hydrogen-bond acceptors (Lipinski definition) is 5. The van der Waals surface area contributed by atoms with Crippen LogP contribution in [0.2, 0.25) is 0 Å². The van der Waals surface area contributed by atoms with Gasteiger partial charge in [0.25, 0.3) is 0 Å². The fraction of sp³-hybridized carbons (Fsp3) is 0.533. The van der Waals surface area contributed by atoms with Gasteiger partial charge in [0.2, 0.25) is 5.91 Å². The summed E-state index contributed by atoms with van der Waals surface area (Å²) in [6.45, 7) is 3.79. The number of carbonyl (C=O) groups excluding carboxylic acids is 2. The summed E-state index contributed by atoms with van der Waals surface area (Å²) < 4.78 is 5.04. The van der Waals surface area contributed by atoms with Crippen LogP contribution in [-0.4, -0.2) is 54.0 Å². The fourth-order valence-corrected chi connectivity index (χ4v) is 2.39. The van der Waals surface area contributed by atoms with Gasteiger partial charge in [-0.3, -0.25) is 9.78 Å². The van der Waals surface area contributed by atoms with Crippen LogP contribution in [0, 0.1) is 0 Å². The van der Waals surface area contributed by atoms with Gasteiger partial charge in [0.15, 0.2) is 0 Å². The molecule has 1 atom stereocenters. The molecule has 0 bridgehead atoms. The van der Waals surface area contributed by atoms with E-state index in [-0.39, 0.29) is 11.9 Å². The first-order valence-corrected chi connectivity index (χ1v) is 7.28. The molecule has 1 fully saturated rings. The summed E-state index contributed by atoms with van der Waals surface area (Å²) in [5.41, 5.74) is 1.02. The zero-order valence-corrected chi connectivity index (χ0v) is 12.2. The standard InChI is InChI=1S/C15H21N3O3/c1-2-21-15(20)13-11-17-8-9-18(13)14(19)6-5-12-4-3-7-16-10-12/h3-4,7,10,13,17H,2,5-6,8-9,11H2,1H3. The molecule has 6 nitrogen and oxygen atoms in total. The lowest BCUT2D eigenvalue weighted by Crippen LogP contribution is -2.57. The zero-order valence-electron chi connectivity index (χ0n) is 12.2. The zero-order chi connectivity index (χ0) is 15.1. The van der Waals surface area contributed by atoms with Crippen molar-refractivity contribution in [2.24, 2.45) is 0 Å². The van der Waals surface area contributed by atoms with Gasteiger partial charge in [-0.15, -0.1) is 0 Å². The van der Waals surface area contributed by atoms with Gasteiger partial charge in [-0.2, -0.15) is 0 Å². The Bertz CT molecular complexity index is 478. The van der Waals surface area contributed by atoms with E-state index in [1.807, 2.05) is 12.1 Å². The van der Waals surface area contributed by atoms with Crippen molar-refractivity contribution in [3.8, 4) is 0 Å². The summed E-state index contributed by atoms with van der Waals surface area (Å²) in [6.07, 6.45) is 4.47. The van der Waals surface area contributed by atoms with Crippen LogP contribution in [0.1, 0.15) is 18.9 Å². The smallest absolute Gasteiger partial charge is 0.330 e. The predicted molar refractivity (Wildman–Crippen MR) is 77.6 cm³/mol. The maximum atomic E-state index is 12.4. The first-order chi connectivity index (χ1) is 10.2. The Hall–Kier alpha value is -1.95. The Morgan fingerprint density at radius 3 is 3.10 bits per heavy atom. The highest BCUT2D eigenvalue weighted by Crippen LogP contribution is 2.10. The maximum Gasteiger partial charge on any atom is 0.330 e. The first kappa shape index (κ1) is 15.4. The van der Waals surface area contributed by atoms with Crippen LogP contribution in [0.4, 0.5) is 0 Å². The molecule has 0 saturated carbocycles. The minimum absolute atomic E-state index is 0.0154. The summed E-state index contributed by atoms with van der Waals surface area (Å²) >= 11 is 0. The topological polar surface area (TPSA) is 71.5 Å². The van der Waals surface area contributed by atoms with Crippen LogP contribution in [0.5, 0.6) is 0 Å². The first-order valence-electron chi connectivity index (χ1n) is 7.28. The number of rotatable bonds is 5. The van der Waals surface area contributed by atoms with Gasteiger partial charge in [-0.25, -0.2) is 4.79 Å². The van der Waals surface area contributed by atoms with E-state index in [0.717, 1.165) is 5.56 Å². The number of esters is 1. The van der Waals surface area contributed by atoms with E-state index in [0.29, 0.717) is 39.1 Å². The molecule has 1 aliphatic rings. The van der Waals surface area contributed by atoms with Crippen LogP contribution < -0.4 is 5.32 Å². The number of aryl methyl sites for hydroxylation is 1. The highest BCUT2D eigenvalue weighted by molar-refractivity contribution is 5.85. The van der Waals surface area contributed by atoms with Crippen molar-refractivity contribution >= 4 is 11.9 Å². The molecule has 1 N–H and O–H groups in total. The van der Waals surface area contributed by atoms with Crippen LogP contribution in [0.3, 0.4) is 0 Å². The van der Waals surface area contributed by atoms with Gasteiger partial charge < -0.3 is 15.0 Å². The SMILES string of the molecule is CCOC(=O)C1CNCCN1C(=O)CCc1cccnc1. The molecular weight excluding hydrogens is 270 g/mol. The minimum Gasteiger partial charge on any atom is -0.464 e. The lowest BCUT2D eigenvalue weighted by molar-refractivity contribution is -0.155.